The van der Waals surface area contributed by atoms with Gasteiger partial charge in [-0.3, -0.25) is 4.79 Å². The maximum atomic E-state index is 12.5. The second-order valence-electron chi connectivity index (χ2n) is 5.88. The van der Waals surface area contributed by atoms with Gasteiger partial charge in [0.15, 0.2) is 6.29 Å². The van der Waals surface area contributed by atoms with E-state index in [-0.39, 0.29) is 12.2 Å². The van der Waals surface area contributed by atoms with Gasteiger partial charge < -0.3 is 14.4 Å². The molecule has 0 saturated carbocycles. The van der Waals surface area contributed by atoms with E-state index in [1.807, 2.05) is 23.1 Å². The molecule has 2 aliphatic rings. The molecule has 1 atom stereocenters. The highest BCUT2D eigenvalue weighted by atomic mass is 79.9. The number of halogens is 1. The van der Waals surface area contributed by atoms with Gasteiger partial charge >= 0.3 is 0 Å². The van der Waals surface area contributed by atoms with Crippen LogP contribution in [0, 0.1) is 5.92 Å². The lowest BCUT2D eigenvalue weighted by atomic mass is 9.97. The number of rotatable bonds is 5. The average molecular weight is 400 g/mol. The molecule has 2 saturated heterocycles. The first kappa shape index (κ1) is 17.3. The van der Waals surface area contributed by atoms with Crippen molar-refractivity contribution in [2.24, 2.45) is 5.92 Å². The smallest absolute Gasteiger partial charge is 0.223 e. The molecule has 0 aliphatic carbocycles. The van der Waals surface area contributed by atoms with E-state index < -0.39 is 0 Å². The van der Waals surface area contributed by atoms with Crippen LogP contribution in [0.2, 0.25) is 0 Å². The van der Waals surface area contributed by atoms with E-state index in [1.54, 1.807) is 11.8 Å². The number of likely N-dealkylation sites (tertiary alicyclic amines) is 1. The first-order valence-electron chi connectivity index (χ1n) is 8.12. The minimum Gasteiger partial charge on any atom is -0.350 e. The van der Waals surface area contributed by atoms with Crippen molar-refractivity contribution in [3.63, 3.8) is 0 Å². The van der Waals surface area contributed by atoms with Gasteiger partial charge in [0.25, 0.3) is 0 Å². The molecule has 2 aliphatic heterocycles. The standard InChI is InChI=1S/C17H22BrNO3S/c18-14-5-1-2-6-15(14)23-11-7-16(20)19-8-3-4-13(12-19)17-21-9-10-22-17/h1-2,5-6,13,17H,3-4,7-12H2. The Hall–Kier alpha value is -0.560. The van der Waals surface area contributed by atoms with Gasteiger partial charge in [0, 0.05) is 40.5 Å². The number of benzene rings is 1. The van der Waals surface area contributed by atoms with Gasteiger partial charge in [0.1, 0.15) is 0 Å². The summed E-state index contributed by atoms with van der Waals surface area (Å²) in [6, 6.07) is 8.12. The Labute approximate surface area is 150 Å². The van der Waals surface area contributed by atoms with Crippen LogP contribution in [0.3, 0.4) is 0 Å². The fraction of sp³-hybridized carbons (Fsp3) is 0.588. The first-order chi connectivity index (χ1) is 11.2. The summed E-state index contributed by atoms with van der Waals surface area (Å²) in [5.74, 6) is 1.37. The number of carbonyl (C=O) groups excluding carboxylic acids is 1. The summed E-state index contributed by atoms with van der Waals surface area (Å²) in [4.78, 5) is 15.6. The van der Waals surface area contributed by atoms with Gasteiger partial charge in [-0.05, 0) is 40.9 Å². The van der Waals surface area contributed by atoms with Gasteiger partial charge in [-0.25, -0.2) is 0 Å². The Morgan fingerprint density at radius 1 is 1.30 bits per heavy atom. The predicted octanol–water partition coefficient (Wildman–Crippen LogP) is 3.54. The number of amides is 1. The average Bonchev–Trinajstić information content (AvgIpc) is 3.11. The second-order valence-corrected chi connectivity index (χ2v) is 7.87. The molecule has 126 valence electrons. The third-order valence-corrected chi connectivity index (χ3v) is 6.28. The largest absolute Gasteiger partial charge is 0.350 e. The molecule has 0 aromatic heterocycles. The van der Waals surface area contributed by atoms with Crippen LogP contribution in [0.25, 0.3) is 0 Å². The zero-order valence-corrected chi connectivity index (χ0v) is 15.5. The Bertz CT molecular complexity index is 536. The minimum atomic E-state index is -0.111. The van der Waals surface area contributed by atoms with Crippen LogP contribution >= 0.6 is 27.7 Å². The first-order valence-corrected chi connectivity index (χ1v) is 9.90. The maximum Gasteiger partial charge on any atom is 0.223 e. The molecule has 23 heavy (non-hydrogen) atoms. The molecule has 0 bridgehead atoms. The van der Waals surface area contributed by atoms with Crippen LogP contribution < -0.4 is 0 Å². The quantitative estimate of drug-likeness (QED) is 0.709. The highest BCUT2D eigenvalue weighted by Crippen LogP contribution is 2.28. The third kappa shape index (κ3) is 4.72. The van der Waals surface area contributed by atoms with Crippen LogP contribution in [0.15, 0.2) is 33.6 Å². The van der Waals surface area contributed by atoms with Crippen LogP contribution in [-0.2, 0) is 14.3 Å². The van der Waals surface area contributed by atoms with Gasteiger partial charge in [-0.2, -0.15) is 0 Å². The van der Waals surface area contributed by atoms with Gasteiger partial charge in [-0.1, -0.05) is 12.1 Å². The van der Waals surface area contributed by atoms with Crippen LogP contribution in [0.5, 0.6) is 0 Å². The molecule has 0 N–H and O–H groups in total. The highest BCUT2D eigenvalue weighted by molar-refractivity contribution is 9.10. The van der Waals surface area contributed by atoms with Gasteiger partial charge in [-0.15, -0.1) is 11.8 Å². The topological polar surface area (TPSA) is 38.8 Å². The second kappa shape index (κ2) is 8.51. The Morgan fingerprint density at radius 2 is 2.09 bits per heavy atom. The van der Waals surface area contributed by atoms with Crippen molar-refractivity contribution in [1.29, 1.82) is 0 Å². The summed E-state index contributed by atoms with van der Waals surface area (Å²) < 4.78 is 12.3. The van der Waals surface area contributed by atoms with Gasteiger partial charge in [0.2, 0.25) is 5.91 Å². The van der Waals surface area contributed by atoms with E-state index in [1.165, 1.54) is 4.90 Å². The number of thioether (sulfide) groups is 1. The highest BCUT2D eigenvalue weighted by Gasteiger charge is 2.32. The van der Waals surface area contributed by atoms with E-state index in [0.717, 1.165) is 36.2 Å². The van der Waals surface area contributed by atoms with Crippen LogP contribution in [0.1, 0.15) is 19.3 Å². The van der Waals surface area contributed by atoms with Gasteiger partial charge in [0.05, 0.1) is 13.2 Å². The maximum absolute atomic E-state index is 12.5. The Kier molecular flexibility index (Phi) is 6.39. The van der Waals surface area contributed by atoms with Crippen LogP contribution in [-0.4, -0.2) is 49.2 Å². The van der Waals surface area contributed by atoms with Crippen molar-refractivity contribution in [3.05, 3.63) is 28.7 Å². The molecule has 1 aromatic carbocycles. The molecule has 2 heterocycles. The van der Waals surface area contributed by atoms with E-state index in [9.17, 15) is 4.79 Å². The number of hydrogen-bond donors (Lipinski definition) is 0. The summed E-state index contributed by atoms with van der Waals surface area (Å²) in [5, 5.41) is 0. The van der Waals surface area contributed by atoms with E-state index in [2.05, 4.69) is 22.0 Å². The predicted molar refractivity (Wildman–Crippen MR) is 94.5 cm³/mol. The minimum absolute atomic E-state index is 0.111. The fourth-order valence-electron chi connectivity index (χ4n) is 3.08. The Balaban J connectivity index is 1.45. The number of piperidine rings is 1. The van der Waals surface area contributed by atoms with Crippen molar-refractivity contribution in [2.45, 2.75) is 30.4 Å². The van der Waals surface area contributed by atoms with Crippen molar-refractivity contribution < 1.29 is 14.3 Å². The zero-order chi connectivity index (χ0) is 16.1. The molecule has 1 amide bonds. The molecule has 6 heteroatoms. The monoisotopic (exact) mass is 399 g/mol. The lowest BCUT2D eigenvalue weighted by molar-refractivity contribution is -0.138. The molecule has 0 radical (unpaired) electrons. The fourth-order valence-corrected chi connectivity index (χ4v) is 4.58. The van der Waals surface area contributed by atoms with Crippen LogP contribution in [0.4, 0.5) is 0 Å². The Morgan fingerprint density at radius 3 is 2.87 bits per heavy atom. The molecule has 1 aromatic rings. The molecule has 0 spiro atoms. The molecular weight excluding hydrogens is 378 g/mol. The van der Waals surface area contributed by atoms with Crippen molar-refractivity contribution in [2.75, 3.05) is 32.1 Å². The van der Waals surface area contributed by atoms with Crippen molar-refractivity contribution >= 4 is 33.6 Å². The van der Waals surface area contributed by atoms with E-state index in [4.69, 9.17) is 9.47 Å². The normalized spacial score (nSPS) is 22.5. The number of hydrogen-bond acceptors (Lipinski definition) is 4. The third-order valence-electron chi connectivity index (χ3n) is 4.25. The number of nitrogens with zero attached hydrogens (tertiary/aromatic N) is 1. The summed E-state index contributed by atoms with van der Waals surface area (Å²) >= 11 is 5.26. The lowest BCUT2D eigenvalue weighted by Gasteiger charge is -2.34. The summed E-state index contributed by atoms with van der Waals surface area (Å²) in [7, 11) is 0. The zero-order valence-electron chi connectivity index (χ0n) is 13.1. The SMILES string of the molecule is O=C(CCSc1ccccc1Br)N1CCCC(C2OCCO2)C1. The molecule has 2 fully saturated rings. The molecule has 4 nitrogen and oxygen atoms in total. The molecule has 3 rings (SSSR count). The summed E-state index contributed by atoms with van der Waals surface area (Å²) in [6.07, 6.45) is 2.59. The molecule has 1 unspecified atom stereocenters. The lowest BCUT2D eigenvalue weighted by Crippen LogP contribution is -2.43. The number of ether oxygens (including phenoxy) is 2. The summed E-state index contributed by atoms with van der Waals surface area (Å²) in [5.41, 5.74) is 0. The summed E-state index contributed by atoms with van der Waals surface area (Å²) in [6.45, 7) is 2.99. The van der Waals surface area contributed by atoms with Crippen molar-refractivity contribution in [1.82, 2.24) is 4.90 Å². The van der Waals surface area contributed by atoms with E-state index in [0.29, 0.717) is 25.6 Å². The van der Waals surface area contributed by atoms with Crippen molar-refractivity contribution in [3.8, 4) is 0 Å². The van der Waals surface area contributed by atoms with E-state index >= 15 is 0 Å². The molecular formula is C17H22BrNO3S. The number of carbonyl (C=O) groups is 1.